The van der Waals surface area contributed by atoms with Crippen molar-refractivity contribution in [1.29, 1.82) is 0 Å². The third kappa shape index (κ3) is 4.38. The summed E-state index contributed by atoms with van der Waals surface area (Å²) in [7, 11) is 0. The predicted octanol–water partition coefficient (Wildman–Crippen LogP) is 3.48. The van der Waals surface area contributed by atoms with Crippen LogP contribution < -0.4 is 5.32 Å². The number of carbonyl (C=O) groups is 2. The van der Waals surface area contributed by atoms with Gasteiger partial charge in [-0.15, -0.1) is 0 Å². The van der Waals surface area contributed by atoms with E-state index in [2.05, 4.69) is 10.3 Å². The first-order valence-corrected chi connectivity index (χ1v) is 7.62. The molecule has 0 bridgehead atoms. The van der Waals surface area contributed by atoms with Gasteiger partial charge in [-0.05, 0) is 38.5 Å². The molecule has 1 heterocycles. The Balaban J connectivity index is 2.21. The number of benzene rings is 1. The van der Waals surface area contributed by atoms with Crippen molar-refractivity contribution in [1.82, 2.24) is 10.3 Å². The summed E-state index contributed by atoms with van der Waals surface area (Å²) < 4.78 is 18.7. The number of rotatable bonds is 4. The zero-order chi connectivity index (χ0) is 18.1. The van der Waals surface area contributed by atoms with E-state index in [1.54, 1.807) is 27.0 Å². The lowest BCUT2D eigenvalue weighted by molar-refractivity contribution is -0.139. The summed E-state index contributed by atoms with van der Waals surface area (Å²) in [6.45, 7) is 5.03. The summed E-state index contributed by atoms with van der Waals surface area (Å²) in [5, 5.41) is 12.1. The maximum atomic E-state index is 13.6. The molecule has 2 rings (SSSR count). The lowest BCUT2D eigenvalue weighted by Crippen LogP contribution is -2.44. The molecule has 0 spiro atoms. The van der Waals surface area contributed by atoms with Gasteiger partial charge in [0.25, 0.3) is 0 Å². The normalized spacial score (nSPS) is 12.9. The number of carboxylic acids is 1. The maximum absolute atomic E-state index is 13.6. The van der Waals surface area contributed by atoms with Gasteiger partial charge in [-0.1, -0.05) is 11.6 Å². The van der Waals surface area contributed by atoms with Crippen molar-refractivity contribution >= 4 is 34.6 Å². The first-order valence-electron chi connectivity index (χ1n) is 7.24. The number of carbonyl (C=O) groups excluding carboxylic acids is 1. The Kier molecular flexibility index (Phi) is 5.03. The second-order valence-electron chi connectivity index (χ2n) is 6.37. The van der Waals surface area contributed by atoms with E-state index in [1.807, 2.05) is 0 Å². The van der Waals surface area contributed by atoms with Crippen LogP contribution >= 0.6 is 11.6 Å². The number of aromatic amines is 1. The molecule has 0 aliphatic heterocycles. The quantitative estimate of drug-likeness (QED) is 0.782. The minimum absolute atomic E-state index is 0.0300. The zero-order valence-electron chi connectivity index (χ0n) is 13.4. The summed E-state index contributed by atoms with van der Waals surface area (Å²) in [5.74, 6) is -1.82. The highest BCUT2D eigenvalue weighted by Crippen LogP contribution is 2.26. The van der Waals surface area contributed by atoms with E-state index in [1.165, 1.54) is 12.1 Å². The van der Waals surface area contributed by atoms with Crippen LogP contribution in [0, 0.1) is 5.82 Å². The number of hydrogen-bond donors (Lipinski definition) is 3. The summed E-state index contributed by atoms with van der Waals surface area (Å²) in [4.78, 5) is 26.1. The van der Waals surface area contributed by atoms with Crippen LogP contribution in [0.4, 0.5) is 9.18 Å². The lowest BCUT2D eigenvalue weighted by atomic mass is 10.1. The van der Waals surface area contributed by atoms with Gasteiger partial charge in [0.2, 0.25) is 0 Å². The molecule has 0 aliphatic rings. The summed E-state index contributed by atoms with van der Waals surface area (Å²) in [6.07, 6.45) is 0.701. The van der Waals surface area contributed by atoms with Gasteiger partial charge in [0, 0.05) is 23.5 Å². The van der Waals surface area contributed by atoms with E-state index in [0.29, 0.717) is 16.5 Å². The van der Waals surface area contributed by atoms with Gasteiger partial charge in [0.05, 0.1) is 5.02 Å². The van der Waals surface area contributed by atoms with Crippen molar-refractivity contribution in [3.8, 4) is 0 Å². The number of fused-ring (bicyclic) bond motifs is 1. The van der Waals surface area contributed by atoms with Crippen molar-refractivity contribution in [2.45, 2.75) is 38.8 Å². The SMILES string of the molecule is CC(C)(C)OC(=O)N[C@@H](Cc1c[nH]c2cc(Cl)c(F)cc12)C(=O)O. The molecule has 0 unspecified atom stereocenters. The molecule has 1 aromatic carbocycles. The van der Waals surface area contributed by atoms with Gasteiger partial charge < -0.3 is 20.1 Å². The fourth-order valence-corrected chi connectivity index (χ4v) is 2.38. The van der Waals surface area contributed by atoms with E-state index >= 15 is 0 Å². The first-order chi connectivity index (χ1) is 11.1. The molecule has 2 aromatic rings. The Morgan fingerprint density at radius 3 is 2.67 bits per heavy atom. The Morgan fingerprint density at radius 2 is 2.08 bits per heavy atom. The number of nitrogens with one attached hydrogen (secondary N) is 2. The van der Waals surface area contributed by atoms with Gasteiger partial charge in [-0.3, -0.25) is 0 Å². The number of carboxylic acid groups (broad SMARTS) is 1. The maximum Gasteiger partial charge on any atom is 0.408 e. The number of halogens is 2. The molecule has 130 valence electrons. The van der Waals surface area contributed by atoms with Gasteiger partial charge in [-0.25, -0.2) is 14.0 Å². The number of aliphatic carboxylic acids is 1. The fourth-order valence-electron chi connectivity index (χ4n) is 2.21. The molecular weight excluding hydrogens is 339 g/mol. The van der Waals surface area contributed by atoms with Crippen LogP contribution in [-0.2, 0) is 16.0 Å². The van der Waals surface area contributed by atoms with Gasteiger partial charge >= 0.3 is 12.1 Å². The number of alkyl carbamates (subject to hydrolysis) is 1. The van der Waals surface area contributed by atoms with E-state index < -0.39 is 29.5 Å². The molecule has 3 N–H and O–H groups in total. The minimum atomic E-state index is -1.22. The highest BCUT2D eigenvalue weighted by atomic mass is 35.5. The molecule has 24 heavy (non-hydrogen) atoms. The molecule has 1 atom stereocenters. The average Bonchev–Trinajstić information content (AvgIpc) is 2.79. The zero-order valence-corrected chi connectivity index (χ0v) is 14.2. The van der Waals surface area contributed by atoms with Crippen LogP contribution in [0.15, 0.2) is 18.3 Å². The smallest absolute Gasteiger partial charge is 0.408 e. The fraction of sp³-hybridized carbons (Fsp3) is 0.375. The van der Waals surface area contributed by atoms with Crippen LogP contribution in [0.2, 0.25) is 5.02 Å². The number of H-pyrrole nitrogens is 1. The van der Waals surface area contributed by atoms with Gasteiger partial charge in [-0.2, -0.15) is 0 Å². The van der Waals surface area contributed by atoms with Crippen LogP contribution in [0.1, 0.15) is 26.3 Å². The molecule has 0 saturated heterocycles. The first kappa shape index (κ1) is 18.1. The van der Waals surface area contributed by atoms with Crippen LogP contribution in [0.25, 0.3) is 10.9 Å². The molecule has 8 heteroatoms. The third-order valence-corrected chi connectivity index (χ3v) is 3.51. The summed E-state index contributed by atoms with van der Waals surface area (Å²) >= 11 is 5.72. The molecule has 6 nitrogen and oxygen atoms in total. The molecule has 0 saturated carbocycles. The Bertz CT molecular complexity index is 782. The standard InChI is InChI=1S/C16H18ClFN2O4/c1-16(2,3)24-15(23)20-13(14(21)22)4-8-7-19-12-6-10(17)11(18)5-9(8)12/h5-7,13,19H,4H2,1-3H3,(H,20,23)(H,21,22)/t13-/m0/s1. The molecular formula is C16H18ClFN2O4. The number of aromatic nitrogens is 1. The second-order valence-corrected chi connectivity index (χ2v) is 6.77. The lowest BCUT2D eigenvalue weighted by Gasteiger charge is -2.22. The monoisotopic (exact) mass is 356 g/mol. The van der Waals surface area contributed by atoms with Gasteiger partial charge in [0.15, 0.2) is 0 Å². The van der Waals surface area contributed by atoms with Crippen LogP contribution in [0.3, 0.4) is 0 Å². The Morgan fingerprint density at radius 1 is 1.42 bits per heavy atom. The topological polar surface area (TPSA) is 91.4 Å². The van der Waals surface area contributed by atoms with Crippen molar-refractivity contribution in [3.63, 3.8) is 0 Å². The summed E-state index contributed by atoms with van der Waals surface area (Å²) in [6, 6.07) is 1.44. The van der Waals surface area contributed by atoms with Crippen molar-refractivity contribution in [3.05, 3.63) is 34.7 Å². The third-order valence-electron chi connectivity index (χ3n) is 3.22. The number of hydrogen-bond acceptors (Lipinski definition) is 3. The van der Waals surface area contributed by atoms with Crippen molar-refractivity contribution in [2.75, 3.05) is 0 Å². The van der Waals surface area contributed by atoms with Gasteiger partial charge in [0.1, 0.15) is 17.5 Å². The molecule has 0 radical (unpaired) electrons. The second kappa shape index (κ2) is 6.68. The largest absolute Gasteiger partial charge is 0.480 e. The number of amides is 1. The average molecular weight is 357 g/mol. The Labute approximate surface area is 142 Å². The van der Waals surface area contributed by atoms with E-state index in [4.69, 9.17) is 16.3 Å². The van der Waals surface area contributed by atoms with E-state index in [9.17, 15) is 19.1 Å². The predicted molar refractivity (Wildman–Crippen MR) is 87.8 cm³/mol. The van der Waals surface area contributed by atoms with Crippen LogP contribution in [-0.4, -0.2) is 33.8 Å². The summed E-state index contributed by atoms with van der Waals surface area (Å²) in [5.41, 5.74) is 0.384. The Hall–Kier alpha value is -2.28. The molecule has 0 aliphatic carbocycles. The molecule has 1 amide bonds. The van der Waals surface area contributed by atoms with Crippen molar-refractivity contribution < 1.29 is 23.8 Å². The highest BCUT2D eigenvalue weighted by Gasteiger charge is 2.25. The van der Waals surface area contributed by atoms with Crippen molar-refractivity contribution in [2.24, 2.45) is 0 Å². The van der Waals surface area contributed by atoms with Crippen LogP contribution in [0.5, 0.6) is 0 Å². The highest BCUT2D eigenvalue weighted by molar-refractivity contribution is 6.31. The number of ether oxygens (including phenoxy) is 1. The molecule has 0 fully saturated rings. The molecule has 1 aromatic heterocycles. The van der Waals surface area contributed by atoms with E-state index in [0.717, 1.165) is 0 Å². The minimum Gasteiger partial charge on any atom is -0.480 e. The van der Waals surface area contributed by atoms with E-state index in [-0.39, 0.29) is 11.4 Å².